The summed E-state index contributed by atoms with van der Waals surface area (Å²) in [7, 11) is 0. The summed E-state index contributed by atoms with van der Waals surface area (Å²) in [6.07, 6.45) is 4.74. The second kappa shape index (κ2) is 15.3. The molecule has 1 aliphatic heterocycles. The molecule has 3 aromatic rings. The van der Waals surface area contributed by atoms with Crippen LogP contribution in [0.3, 0.4) is 0 Å². The van der Waals surface area contributed by atoms with Gasteiger partial charge in [-0.15, -0.1) is 11.8 Å². The molecule has 1 fully saturated rings. The van der Waals surface area contributed by atoms with Crippen LogP contribution in [0.5, 0.6) is 11.6 Å². The molecular weight excluding hydrogens is 574 g/mol. The molecule has 2 unspecified atom stereocenters. The molecule has 234 valence electrons. The molecule has 2 atom stereocenters. The summed E-state index contributed by atoms with van der Waals surface area (Å²) in [5.74, 6) is 0.534. The Morgan fingerprint density at radius 3 is 2.36 bits per heavy atom. The number of benzene rings is 2. The van der Waals surface area contributed by atoms with E-state index < -0.39 is 22.3 Å². The van der Waals surface area contributed by atoms with Crippen molar-refractivity contribution in [1.82, 2.24) is 14.9 Å². The maximum absolute atomic E-state index is 13.5. The number of pyridine rings is 1. The van der Waals surface area contributed by atoms with E-state index in [9.17, 15) is 20.0 Å². The number of aromatic nitrogens is 1. The molecule has 0 saturated carbocycles. The third-order valence-electron chi connectivity index (χ3n) is 7.89. The van der Waals surface area contributed by atoms with Gasteiger partial charge >= 0.3 is 0 Å². The van der Waals surface area contributed by atoms with Gasteiger partial charge in [0.2, 0.25) is 5.88 Å². The number of nitriles is 1. The van der Waals surface area contributed by atoms with E-state index in [4.69, 9.17) is 4.74 Å². The number of thioether (sulfide) groups is 1. The van der Waals surface area contributed by atoms with Crippen molar-refractivity contribution in [1.29, 1.82) is 5.26 Å². The van der Waals surface area contributed by atoms with Crippen LogP contribution in [0.2, 0.25) is 0 Å². The number of amides is 1. The second-order valence-corrected chi connectivity index (χ2v) is 12.2. The zero-order chi connectivity index (χ0) is 31.7. The number of unbranched alkanes of at least 4 members (excludes halogenated alkanes) is 2. The van der Waals surface area contributed by atoms with E-state index in [0.717, 1.165) is 61.2 Å². The van der Waals surface area contributed by atoms with Crippen LogP contribution in [0.4, 0.5) is 0 Å². The molecule has 10 heteroatoms. The van der Waals surface area contributed by atoms with Gasteiger partial charge in [-0.1, -0.05) is 63.9 Å². The first-order valence-corrected chi connectivity index (χ1v) is 16.4. The fraction of sp³-hybridized carbons (Fsp3) is 0.441. The predicted molar refractivity (Wildman–Crippen MR) is 176 cm³/mol. The zero-order valence-electron chi connectivity index (χ0n) is 26.1. The minimum Gasteiger partial charge on any atom is -0.494 e. The lowest BCUT2D eigenvalue weighted by Crippen LogP contribution is -2.53. The Hall–Kier alpha value is -3.78. The van der Waals surface area contributed by atoms with Crippen LogP contribution in [0, 0.1) is 18.3 Å². The molecule has 3 N–H and O–H groups in total. The Morgan fingerprint density at radius 1 is 1.11 bits per heavy atom. The van der Waals surface area contributed by atoms with Gasteiger partial charge in [-0.25, -0.2) is 0 Å². The summed E-state index contributed by atoms with van der Waals surface area (Å²) in [6, 6.07) is 18.5. The first-order valence-electron chi connectivity index (χ1n) is 15.5. The second-order valence-electron chi connectivity index (χ2n) is 11.0. The molecule has 0 aliphatic carbocycles. The fourth-order valence-electron chi connectivity index (χ4n) is 5.50. The molecule has 44 heavy (non-hydrogen) atoms. The van der Waals surface area contributed by atoms with Crippen molar-refractivity contribution in [3.63, 3.8) is 0 Å². The lowest BCUT2D eigenvalue weighted by molar-refractivity contribution is 0.100. The summed E-state index contributed by atoms with van der Waals surface area (Å²) in [5, 5.41) is 25.9. The largest absolute Gasteiger partial charge is 0.494 e. The molecule has 0 spiro atoms. The highest BCUT2D eigenvalue weighted by atomic mass is 32.2. The molecule has 1 aromatic heterocycles. The number of nitrogens with one attached hydrogen (secondary N) is 2. The lowest BCUT2D eigenvalue weighted by atomic mass is 9.99. The maximum Gasteiger partial charge on any atom is 0.290 e. The molecule has 1 saturated heterocycles. The van der Waals surface area contributed by atoms with Crippen molar-refractivity contribution in [2.75, 3.05) is 30.9 Å². The number of hydrogen-bond donors (Lipinski definition) is 3. The maximum atomic E-state index is 13.5. The van der Waals surface area contributed by atoms with Crippen LogP contribution >= 0.6 is 11.8 Å². The van der Waals surface area contributed by atoms with Gasteiger partial charge < -0.3 is 9.84 Å². The molecular formula is C34H43N5O4S. The normalized spacial score (nSPS) is 17.9. The van der Waals surface area contributed by atoms with Gasteiger partial charge in [-0.05, 0) is 61.6 Å². The standard InChI is InChI=1S/C34H43N5O4S/c1-5-8-19-38(20-9-6-2)34(36-29(23-44-34)25-15-17-27(18-16-25)43-21-7-3)30-24(4)28(22-35)32(41)39(33(30)42)37-31(40)26-13-11-10-12-14-26/h10-18,29,36,42H,5-9,19-21,23H2,1-4H3,(H,37,40). The first kappa shape index (κ1) is 33.1. The van der Waals surface area contributed by atoms with Crippen LogP contribution in [0.1, 0.15) is 91.5 Å². The van der Waals surface area contributed by atoms with Gasteiger partial charge in [0.25, 0.3) is 11.5 Å². The minimum absolute atomic E-state index is 0.0883. The van der Waals surface area contributed by atoms with E-state index >= 15 is 0 Å². The van der Waals surface area contributed by atoms with Crippen LogP contribution in [-0.2, 0) is 4.99 Å². The van der Waals surface area contributed by atoms with Crippen LogP contribution in [0.25, 0.3) is 0 Å². The average Bonchev–Trinajstić information content (AvgIpc) is 3.48. The number of nitrogens with zero attached hydrogens (tertiary/aromatic N) is 3. The zero-order valence-corrected chi connectivity index (χ0v) is 26.9. The number of carbonyl (C=O) groups is 1. The molecule has 2 heterocycles. The summed E-state index contributed by atoms with van der Waals surface area (Å²) in [6.45, 7) is 10.2. The minimum atomic E-state index is -0.973. The molecule has 4 rings (SSSR count). The van der Waals surface area contributed by atoms with Gasteiger partial charge in [0.05, 0.1) is 12.2 Å². The van der Waals surface area contributed by atoms with Crippen LogP contribution in [-0.4, -0.2) is 46.0 Å². The van der Waals surface area contributed by atoms with Crippen molar-refractivity contribution in [2.45, 2.75) is 70.8 Å². The van der Waals surface area contributed by atoms with Crippen molar-refractivity contribution >= 4 is 17.7 Å². The van der Waals surface area contributed by atoms with Gasteiger partial charge in [-0.2, -0.15) is 9.94 Å². The van der Waals surface area contributed by atoms with Gasteiger partial charge in [0.15, 0.2) is 4.99 Å². The van der Waals surface area contributed by atoms with Crippen LogP contribution in [0.15, 0.2) is 59.4 Å². The average molecular weight is 618 g/mol. The third kappa shape index (κ3) is 6.96. The Bertz CT molecular complexity index is 1510. The Balaban J connectivity index is 1.86. The Kier molecular flexibility index (Phi) is 11.5. The van der Waals surface area contributed by atoms with Crippen molar-refractivity contribution in [3.8, 4) is 17.7 Å². The van der Waals surface area contributed by atoms with E-state index in [1.807, 2.05) is 12.1 Å². The molecule has 2 aromatic carbocycles. The smallest absolute Gasteiger partial charge is 0.290 e. The number of aromatic hydroxyl groups is 1. The Morgan fingerprint density at radius 2 is 1.77 bits per heavy atom. The summed E-state index contributed by atoms with van der Waals surface area (Å²) < 4.78 is 6.62. The SMILES string of the molecule is CCCCN(CCCC)C1(c2c(C)c(C#N)c(=O)n(NC(=O)c3ccccc3)c2O)NC(c2ccc(OCCC)cc2)CS1. The van der Waals surface area contributed by atoms with E-state index in [1.165, 1.54) is 0 Å². The molecule has 1 aliphatic rings. The van der Waals surface area contributed by atoms with Crippen molar-refractivity contribution in [3.05, 3.63) is 92.8 Å². The van der Waals surface area contributed by atoms with Crippen molar-refractivity contribution in [2.24, 2.45) is 0 Å². The highest BCUT2D eigenvalue weighted by Gasteiger charge is 2.49. The highest BCUT2D eigenvalue weighted by Crippen LogP contribution is 2.50. The van der Waals surface area contributed by atoms with Crippen LogP contribution < -0.4 is 21.0 Å². The molecule has 0 bridgehead atoms. The van der Waals surface area contributed by atoms with E-state index in [0.29, 0.717) is 29.1 Å². The van der Waals surface area contributed by atoms with E-state index in [-0.39, 0.29) is 11.6 Å². The quantitative estimate of drug-likeness (QED) is 0.202. The number of carbonyl (C=O) groups excluding carboxylic acids is 1. The summed E-state index contributed by atoms with van der Waals surface area (Å²) >= 11 is 1.64. The summed E-state index contributed by atoms with van der Waals surface area (Å²) in [4.78, 5) is 28.0. The van der Waals surface area contributed by atoms with E-state index in [1.54, 1.807) is 49.0 Å². The molecule has 0 radical (unpaired) electrons. The molecule has 1 amide bonds. The number of hydrogen-bond acceptors (Lipinski definition) is 8. The van der Waals surface area contributed by atoms with E-state index in [2.05, 4.69) is 54.6 Å². The molecule has 9 nitrogen and oxygen atoms in total. The van der Waals surface area contributed by atoms with Gasteiger partial charge in [0.1, 0.15) is 17.4 Å². The summed E-state index contributed by atoms with van der Waals surface area (Å²) in [5.41, 5.74) is 3.85. The third-order valence-corrected chi connectivity index (χ3v) is 9.39. The number of rotatable bonds is 14. The number of ether oxygens (including phenoxy) is 1. The predicted octanol–water partition coefficient (Wildman–Crippen LogP) is 6.00. The first-order chi connectivity index (χ1) is 21.3. The topological polar surface area (TPSA) is 120 Å². The monoisotopic (exact) mass is 617 g/mol. The lowest BCUT2D eigenvalue weighted by Gasteiger charge is -2.43. The fourth-order valence-corrected chi connectivity index (χ4v) is 7.16. The van der Waals surface area contributed by atoms with Crippen molar-refractivity contribution < 1.29 is 14.6 Å². The Labute approximate surface area is 264 Å². The van der Waals surface area contributed by atoms with Gasteiger partial charge in [0, 0.05) is 30.4 Å². The van der Waals surface area contributed by atoms with Gasteiger partial charge in [-0.3, -0.25) is 25.2 Å². The highest BCUT2D eigenvalue weighted by molar-refractivity contribution is 8.00.